The maximum Gasteiger partial charge on any atom is 0.168 e. The zero-order valence-electron chi connectivity index (χ0n) is 11.8. The molecule has 1 saturated carbocycles. The predicted molar refractivity (Wildman–Crippen MR) is 80.3 cm³/mol. The summed E-state index contributed by atoms with van der Waals surface area (Å²) in [5.41, 5.74) is 0.210. The van der Waals surface area contributed by atoms with Crippen molar-refractivity contribution in [3.05, 3.63) is 34.1 Å². The minimum atomic E-state index is -0.617. The van der Waals surface area contributed by atoms with Gasteiger partial charge in [0.1, 0.15) is 11.4 Å². The van der Waals surface area contributed by atoms with Crippen LogP contribution >= 0.6 is 15.9 Å². The Morgan fingerprint density at radius 2 is 2.05 bits per heavy atom. The van der Waals surface area contributed by atoms with Gasteiger partial charge in [-0.1, -0.05) is 25.3 Å². The monoisotopic (exact) mass is 342 g/mol. The molecule has 0 radical (unpaired) electrons. The van der Waals surface area contributed by atoms with Crippen LogP contribution in [0, 0.1) is 5.82 Å². The van der Waals surface area contributed by atoms with Gasteiger partial charge in [-0.25, -0.2) is 4.39 Å². The van der Waals surface area contributed by atoms with Crippen molar-refractivity contribution in [3.8, 4) is 0 Å². The van der Waals surface area contributed by atoms with Gasteiger partial charge in [-0.3, -0.25) is 4.79 Å². The second kappa shape index (κ2) is 6.81. The molecular weight excluding hydrogens is 323 g/mol. The molecule has 1 aromatic carbocycles. The summed E-state index contributed by atoms with van der Waals surface area (Å²) in [5, 5.41) is 0. The van der Waals surface area contributed by atoms with Gasteiger partial charge in [0.05, 0.1) is 4.47 Å². The summed E-state index contributed by atoms with van der Waals surface area (Å²) < 4.78 is 19.5. The molecule has 0 N–H and O–H groups in total. The molecule has 0 unspecified atom stereocenters. The number of hydrogen-bond acceptors (Lipinski definition) is 2. The normalized spacial score (nSPS) is 17.9. The van der Waals surface area contributed by atoms with Gasteiger partial charge in [0.25, 0.3) is 0 Å². The smallest absolute Gasteiger partial charge is 0.168 e. The van der Waals surface area contributed by atoms with Crippen LogP contribution in [0.1, 0.15) is 44.6 Å². The molecule has 1 fully saturated rings. The quantitative estimate of drug-likeness (QED) is 0.790. The molecule has 4 heteroatoms. The maximum atomic E-state index is 13.2. The number of Topliss-reactive ketones (excluding diaryl/α,β-unsaturated/α-hetero) is 1. The van der Waals surface area contributed by atoms with Gasteiger partial charge in [-0.05, 0) is 53.4 Å². The van der Waals surface area contributed by atoms with Crippen molar-refractivity contribution in [2.24, 2.45) is 0 Å². The van der Waals surface area contributed by atoms with Gasteiger partial charge in [0.15, 0.2) is 5.78 Å². The lowest BCUT2D eigenvalue weighted by atomic mass is 9.79. The Labute approximate surface area is 127 Å². The fraction of sp³-hybridized carbons (Fsp3) is 0.562. The highest BCUT2D eigenvalue weighted by Crippen LogP contribution is 2.33. The zero-order chi connectivity index (χ0) is 14.6. The highest BCUT2D eigenvalue weighted by Gasteiger charge is 2.39. The van der Waals surface area contributed by atoms with Gasteiger partial charge in [0, 0.05) is 13.0 Å². The summed E-state index contributed by atoms with van der Waals surface area (Å²) in [4.78, 5) is 12.6. The van der Waals surface area contributed by atoms with Crippen LogP contribution in [-0.2, 0) is 16.0 Å². The van der Waals surface area contributed by atoms with Gasteiger partial charge in [-0.2, -0.15) is 0 Å². The highest BCUT2D eigenvalue weighted by atomic mass is 79.9. The Kier molecular flexibility index (Phi) is 5.33. The number of rotatable bonds is 5. The molecule has 1 aromatic rings. The number of ketones is 1. The minimum Gasteiger partial charge on any atom is -0.367 e. The standard InChI is InChI=1S/C16H20BrFO2/c1-2-20-16(8-4-3-5-9-16)15(19)11-12-6-7-14(18)13(17)10-12/h6-7,10H,2-5,8-9,11H2,1H3. The number of carbonyl (C=O) groups excluding carboxylic acids is 1. The summed E-state index contributed by atoms with van der Waals surface area (Å²) in [5.74, 6) is -0.184. The lowest BCUT2D eigenvalue weighted by Gasteiger charge is -2.35. The van der Waals surface area contributed by atoms with E-state index in [9.17, 15) is 9.18 Å². The third kappa shape index (κ3) is 3.47. The molecular formula is C16H20BrFO2. The Hall–Kier alpha value is -0.740. The number of halogens is 2. The summed E-state index contributed by atoms with van der Waals surface area (Å²) >= 11 is 3.16. The van der Waals surface area contributed by atoms with Gasteiger partial charge >= 0.3 is 0 Å². The molecule has 2 nitrogen and oxygen atoms in total. The molecule has 0 aliphatic heterocycles. The molecule has 1 aliphatic rings. The fourth-order valence-electron chi connectivity index (χ4n) is 2.90. The Balaban J connectivity index is 2.13. The van der Waals surface area contributed by atoms with E-state index in [1.807, 2.05) is 6.92 Å². The van der Waals surface area contributed by atoms with Gasteiger partial charge in [0.2, 0.25) is 0 Å². The Morgan fingerprint density at radius 1 is 1.35 bits per heavy atom. The number of hydrogen-bond donors (Lipinski definition) is 0. The molecule has 0 spiro atoms. The van der Waals surface area contributed by atoms with E-state index in [2.05, 4.69) is 15.9 Å². The van der Waals surface area contributed by atoms with Crippen LogP contribution in [0.4, 0.5) is 4.39 Å². The largest absolute Gasteiger partial charge is 0.367 e. The number of ether oxygens (including phenoxy) is 1. The first-order valence-electron chi connectivity index (χ1n) is 7.18. The Morgan fingerprint density at radius 3 is 2.65 bits per heavy atom. The second-order valence-electron chi connectivity index (χ2n) is 5.34. The van der Waals surface area contributed by atoms with E-state index in [0.717, 1.165) is 31.2 Å². The molecule has 1 aliphatic carbocycles. The van der Waals surface area contributed by atoms with Crippen molar-refractivity contribution in [1.29, 1.82) is 0 Å². The van der Waals surface area contributed by atoms with E-state index >= 15 is 0 Å². The summed E-state index contributed by atoms with van der Waals surface area (Å²) in [6, 6.07) is 4.73. The average molecular weight is 343 g/mol. The van der Waals surface area contributed by atoms with Crippen LogP contribution < -0.4 is 0 Å². The lowest BCUT2D eigenvalue weighted by Crippen LogP contribution is -2.44. The van der Waals surface area contributed by atoms with Crippen LogP contribution in [0.25, 0.3) is 0 Å². The molecule has 0 bridgehead atoms. The van der Waals surface area contributed by atoms with Gasteiger partial charge in [-0.15, -0.1) is 0 Å². The first-order chi connectivity index (χ1) is 9.57. The molecule has 0 heterocycles. The van der Waals surface area contributed by atoms with E-state index in [1.54, 1.807) is 12.1 Å². The van der Waals surface area contributed by atoms with Crippen molar-refractivity contribution < 1.29 is 13.9 Å². The summed E-state index contributed by atoms with van der Waals surface area (Å²) in [6.45, 7) is 2.48. The molecule has 0 amide bonds. The molecule has 20 heavy (non-hydrogen) atoms. The molecule has 0 aromatic heterocycles. The summed E-state index contributed by atoms with van der Waals surface area (Å²) in [6.07, 6.45) is 5.17. The first kappa shape index (κ1) is 15.6. The topological polar surface area (TPSA) is 26.3 Å². The van der Waals surface area contributed by atoms with Crippen LogP contribution in [-0.4, -0.2) is 18.0 Å². The molecule has 2 rings (SSSR count). The van der Waals surface area contributed by atoms with Crippen molar-refractivity contribution in [1.82, 2.24) is 0 Å². The Bertz CT molecular complexity index is 476. The zero-order valence-corrected chi connectivity index (χ0v) is 13.3. The minimum absolute atomic E-state index is 0.123. The van der Waals surface area contributed by atoms with E-state index in [1.165, 1.54) is 12.5 Å². The number of carbonyl (C=O) groups is 1. The highest BCUT2D eigenvalue weighted by molar-refractivity contribution is 9.10. The van der Waals surface area contributed by atoms with Crippen molar-refractivity contribution in [2.75, 3.05) is 6.61 Å². The average Bonchev–Trinajstić information content (AvgIpc) is 2.44. The van der Waals surface area contributed by atoms with Crippen LogP contribution in [0.3, 0.4) is 0 Å². The molecule has 0 saturated heterocycles. The third-order valence-electron chi connectivity index (χ3n) is 3.94. The van der Waals surface area contributed by atoms with Crippen LogP contribution in [0.2, 0.25) is 0 Å². The SMILES string of the molecule is CCOC1(C(=O)Cc2ccc(F)c(Br)c2)CCCCC1. The van der Waals surface area contributed by atoms with E-state index in [-0.39, 0.29) is 11.6 Å². The van der Waals surface area contributed by atoms with Crippen molar-refractivity contribution in [2.45, 2.75) is 51.0 Å². The maximum absolute atomic E-state index is 13.2. The number of benzene rings is 1. The van der Waals surface area contributed by atoms with Crippen molar-refractivity contribution in [3.63, 3.8) is 0 Å². The van der Waals surface area contributed by atoms with Gasteiger partial charge < -0.3 is 4.74 Å². The summed E-state index contributed by atoms with van der Waals surface area (Å²) in [7, 11) is 0. The third-order valence-corrected chi connectivity index (χ3v) is 4.55. The molecule has 0 atom stereocenters. The van der Waals surface area contributed by atoms with Crippen LogP contribution in [0.5, 0.6) is 0 Å². The fourth-order valence-corrected chi connectivity index (χ4v) is 3.33. The first-order valence-corrected chi connectivity index (χ1v) is 7.98. The van der Waals surface area contributed by atoms with Crippen molar-refractivity contribution >= 4 is 21.7 Å². The van der Waals surface area contributed by atoms with Crippen LogP contribution in [0.15, 0.2) is 22.7 Å². The predicted octanol–water partition coefficient (Wildman–Crippen LogP) is 4.44. The van der Waals surface area contributed by atoms with E-state index in [0.29, 0.717) is 17.5 Å². The molecule has 110 valence electrons. The lowest BCUT2D eigenvalue weighted by molar-refractivity contribution is -0.148. The second-order valence-corrected chi connectivity index (χ2v) is 6.19. The van der Waals surface area contributed by atoms with E-state index < -0.39 is 5.60 Å². The van der Waals surface area contributed by atoms with E-state index in [4.69, 9.17) is 4.74 Å².